The van der Waals surface area contributed by atoms with Crippen molar-refractivity contribution in [2.75, 3.05) is 6.54 Å². The molecular weight excluding hydrogens is 86.1 g/mol. The van der Waals surface area contributed by atoms with Crippen LogP contribution in [-0.4, -0.2) is 12.4 Å². The standard InChI is InChI=1S/C6H7N/c1-6-2-5(6)3-7-4-6/h2,4H2,1H3. The summed E-state index contributed by atoms with van der Waals surface area (Å²) < 4.78 is 0. The minimum atomic E-state index is 0.500. The first kappa shape index (κ1) is 3.45. The van der Waals surface area contributed by atoms with Crippen LogP contribution >= 0.6 is 0 Å². The molecule has 0 radical (unpaired) electrons. The molecule has 0 aromatic heterocycles. The lowest BCUT2D eigenvalue weighted by molar-refractivity contribution is 0.632. The van der Waals surface area contributed by atoms with Crippen LogP contribution in [-0.2, 0) is 0 Å². The highest BCUT2D eigenvalue weighted by molar-refractivity contribution is 5.70. The Morgan fingerprint density at radius 1 is 1.86 bits per heavy atom. The van der Waals surface area contributed by atoms with E-state index in [0.717, 1.165) is 6.54 Å². The molecule has 0 aromatic rings. The molecule has 1 atom stereocenters. The summed E-state index contributed by atoms with van der Waals surface area (Å²) in [5.41, 5.74) is 1.94. The van der Waals surface area contributed by atoms with Gasteiger partial charge in [-0.05, 0) is 17.9 Å². The van der Waals surface area contributed by atoms with Crippen LogP contribution < -0.4 is 0 Å². The lowest BCUT2D eigenvalue weighted by Crippen LogP contribution is -1.93. The van der Waals surface area contributed by atoms with E-state index in [1.165, 1.54) is 12.0 Å². The van der Waals surface area contributed by atoms with Crippen LogP contribution in [0.25, 0.3) is 0 Å². The van der Waals surface area contributed by atoms with E-state index in [0.29, 0.717) is 5.41 Å². The van der Waals surface area contributed by atoms with Crippen molar-refractivity contribution >= 4 is 5.87 Å². The maximum Gasteiger partial charge on any atom is 0.0584 e. The van der Waals surface area contributed by atoms with Gasteiger partial charge >= 0.3 is 0 Å². The minimum absolute atomic E-state index is 0.500. The van der Waals surface area contributed by atoms with Crippen LogP contribution in [0, 0.1) is 5.41 Å². The number of nitrogens with zero attached hydrogens (tertiary/aromatic N) is 1. The molecule has 1 nitrogen and oxygen atoms in total. The Bertz CT molecular complexity index is 171. The summed E-state index contributed by atoms with van der Waals surface area (Å²) in [5, 5.41) is 0. The first-order valence-corrected chi connectivity index (χ1v) is 2.60. The second-order valence-electron chi connectivity index (χ2n) is 2.64. The van der Waals surface area contributed by atoms with E-state index in [9.17, 15) is 0 Å². The lowest BCUT2D eigenvalue weighted by atomic mass is 10.1. The Balaban J connectivity index is 2.51. The molecule has 0 N–H and O–H groups in total. The van der Waals surface area contributed by atoms with Crippen molar-refractivity contribution in [3.8, 4) is 0 Å². The van der Waals surface area contributed by atoms with Crippen LogP contribution in [0.15, 0.2) is 10.6 Å². The van der Waals surface area contributed by atoms with Crippen LogP contribution in [0.1, 0.15) is 13.3 Å². The third-order valence-corrected chi connectivity index (χ3v) is 1.81. The summed E-state index contributed by atoms with van der Waals surface area (Å²) >= 11 is 0. The zero-order valence-electron chi connectivity index (χ0n) is 4.36. The second kappa shape index (κ2) is 0.696. The Kier molecular flexibility index (Phi) is 0.343. The largest absolute Gasteiger partial charge is 0.242 e. The zero-order chi connectivity index (χ0) is 4.91. The molecule has 1 aliphatic carbocycles. The molecule has 1 saturated carbocycles. The average Bonchev–Trinajstić information content (AvgIpc) is 2.09. The van der Waals surface area contributed by atoms with Gasteiger partial charge in [-0.1, -0.05) is 6.92 Å². The van der Waals surface area contributed by atoms with E-state index in [4.69, 9.17) is 0 Å². The van der Waals surface area contributed by atoms with Gasteiger partial charge in [-0.15, -0.1) is 0 Å². The van der Waals surface area contributed by atoms with Crippen LogP contribution in [0.5, 0.6) is 0 Å². The van der Waals surface area contributed by atoms with Gasteiger partial charge < -0.3 is 0 Å². The Morgan fingerprint density at radius 3 is 2.86 bits per heavy atom. The van der Waals surface area contributed by atoms with Crippen molar-refractivity contribution in [3.05, 3.63) is 5.57 Å². The van der Waals surface area contributed by atoms with Crippen LogP contribution in [0.3, 0.4) is 0 Å². The molecule has 0 bridgehead atoms. The number of fused-ring (bicyclic) bond motifs is 1. The number of hydrogen-bond acceptors (Lipinski definition) is 1. The fourth-order valence-corrected chi connectivity index (χ4v) is 0.981. The molecule has 1 fully saturated rings. The highest BCUT2D eigenvalue weighted by Crippen LogP contribution is 2.52. The Labute approximate surface area is 42.8 Å². The second-order valence-corrected chi connectivity index (χ2v) is 2.64. The molecule has 2 rings (SSSR count). The van der Waals surface area contributed by atoms with Crippen molar-refractivity contribution in [2.45, 2.75) is 13.3 Å². The average molecular weight is 93.1 g/mol. The Hall–Kier alpha value is -0.550. The van der Waals surface area contributed by atoms with Crippen molar-refractivity contribution in [3.63, 3.8) is 0 Å². The van der Waals surface area contributed by atoms with E-state index in [-0.39, 0.29) is 0 Å². The van der Waals surface area contributed by atoms with Gasteiger partial charge in [-0.3, -0.25) is 0 Å². The fourth-order valence-electron chi connectivity index (χ4n) is 0.981. The topological polar surface area (TPSA) is 12.4 Å². The smallest absolute Gasteiger partial charge is 0.0584 e. The normalized spacial score (nSPS) is 43.3. The first-order chi connectivity index (χ1) is 3.31. The van der Waals surface area contributed by atoms with E-state index in [1.54, 1.807) is 0 Å². The van der Waals surface area contributed by atoms with E-state index in [1.807, 2.05) is 0 Å². The summed E-state index contributed by atoms with van der Waals surface area (Å²) in [6, 6.07) is 0. The molecule has 1 heteroatoms. The van der Waals surface area contributed by atoms with Crippen molar-refractivity contribution in [1.29, 1.82) is 0 Å². The monoisotopic (exact) mass is 93.1 g/mol. The summed E-state index contributed by atoms with van der Waals surface area (Å²) in [7, 11) is 0. The molecular formula is C6H7N. The molecule has 0 aromatic carbocycles. The summed E-state index contributed by atoms with van der Waals surface area (Å²) in [5.74, 6) is 2.98. The first-order valence-electron chi connectivity index (χ1n) is 2.60. The molecule has 1 unspecified atom stereocenters. The predicted molar refractivity (Wildman–Crippen MR) is 28.5 cm³/mol. The molecule has 7 heavy (non-hydrogen) atoms. The van der Waals surface area contributed by atoms with Crippen LogP contribution in [0.2, 0.25) is 0 Å². The molecule has 2 aliphatic rings. The quantitative estimate of drug-likeness (QED) is 0.423. The molecule has 1 aliphatic heterocycles. The molecule has 36 valence electrons. The SMILES string of the molecule is CC12CN=C=C1C2. The third-order valence-electron chi connectivity index (χ3n) is 1.81. The van der Waals surface area contributed by atoms with Crippen molar-refractivity contribution in [2.24, 2.45) is 10.4 Å². The third kappa shape index (κ3) is 0.272. The van der Waals surface area contributed by atoms with E-state index >= 15 is 0 Å². The number of rotatable bonds is 0. The van der Waals surface area contributed by atoms with Crippen LogP contribution in [0.4, 0.5) is 0 Å². The van der Waals surface area contributed by atoms with E-state index < -0.39 is 0 Å². The maximum absolute atomic E-state index is 4.00. The maximum atomic E-state index is 4.00. The summed E-state index contributed by atoms with van der Waals surface area (Å²) in [6.07, 6.45) is 1.26. The summed E-state index contributed by atoms with van der Waals surface area (Å²) in [6.45, 7) is 3.24. The van der Waals surface area contributed by atoms with Gasteiger partial charge in [0, 0.05) is 5.41 Å². The summed E-state index contributed by atoms with van der Waals surface area (Å²) in [4.78, 5) is 4.00. The molecule has 0 saturated heterocycles. The van der Waals surface area contributed by atoms with Crippen molar-refractivity contribution < 1.29 is 0 Å². The predicted octanol–water partition coefficient (Wildman–Crippen LogP) is 1.01. The van der Waals surface area contributed by atoms with Gasteiger partial charge in [0.2, 0.25) is 0 Å². The number of hydrogen-bond donors (Lipinski definition) is 0. The minimum Gasteiger partial charge on any atom is -0.242 e. The van der Waals surface area contributed by atoms with E-state index in [2.05, 4.69) is 17.8 Å². The van der Waals surface area contributed by atoms with Gasteiger partial charge in [0.25, 0.3) is 0 Å². The van der Waals surface area contributed by atoms with Gasteiger partial charge in [-0.2, -0.15) is 0 Å². The molecule has 1 heterocycles. The number of aliphatic imine (C=N–C) groups is 1. The van der Waals surface area contributed by atoms with Gasteiger partial charge in [-0.25, -0.2) is 4.99 Å². The van der Waals surface area contributed by atoms with Crippen molar-refractivity contribution in [1.82, 2.24) is 0 Å². The van der Waals surface area contributed by atoms with Gasteiger partial charge in [0.05, 0.1) is 6.54 Å². The van der Waals surface area contributed by atoms with Gasteiger partial charge in [0.15, 0.2) is 0 Å². The molecule has 0 amide bonds. The fraction of sp³-hybridized carbons (Fsp3) is 0.667. The van der Waals surface area contributed by atoms with Gasteiger partial charge in [0.1, 0.15) is 0 Å². The highest BCUT2D eigenvalue weighted by atomic mass is 14.8. The lowest BCUT2D eigenvalue weighted by Gasteiger charge is -1.92. The zero-order valence-corrected chi connectivity index (χ0v) is 4.36. The molecule has 0 spiro atoms. The Morgan fingerprint density at radius 2 is 2.71 bits per heavy atom. The highest BCUT2D eigenvalue weighted by Gasteiger charge is 2.46.